The number of carbonyl (C=O) groups excluding carboxylic acids is 2. The van der Waals surface area contributed by atoms with E-state index in [4.69, 9.17) is 21.1 Å². The molecular weight excluding hydrogens is 460 g/mol. The number of hydrogen-bond acceptors (Lipinski definition) is 4. The minimum Gasteiger partial charge on any atom is -0.483 e. The first kappa shape index (κ1) is 23.0. The van der Waals surface area contributed by atoms with E-state index < -0.39 is 17.9 Å². The third kappa shape index (κ3) is 6.94. The minimum absolute atomic E-state index is 0.217. The molecule has 0 aliphatic carbocycles. The summed E-state index contributed by atoms with van der Waals surface area (Å²) < 4.78 is 11.8. The summed E-state index contributed by atoms with van der Waals surface area (Å²) in [4.78, 5) is 24.2. The van der Waals surface area contributed by atoms with Crippen LogP contribution in [0.3, 0.4) is 0 Å². The lowest BCUT2D eigenvalue weighted by molar-refractivity contribution is -0.133. The highest BCUT2D eigenvalue weighted by atomic mass is 79.9. The summed E-state index contributed by atoms with van der Waals surface area (Å²) in [5, 5.41) is 0.545. The molecule has 0 saturated carbocycles. The fraction of sp³-hybridized carbons (Fsp3) is 0.333. The number of nitrogens with one attached hydrogen (secondary N) is 2. The van der Waals surface area contributed by atoms with Crippen LogP contribution in [0.2, 0.25) is 5.02 Å². The molecule has 156 valence electrons. The Balaban J connectivity index is 1.82. The normalized spacial score (nSPS) is 12.6. The van der Waals surface area contributed by atoms with Gasteiger partial charge in [0.2, 0.25) is 0 Å². The van der Waals surface area contributed by atoms with Crippen molar-refractivity contribution in [2.75, 3.05) is 6.61 Å². The fourth-order valence-corrected chi connectivity index (χ4v) is 3.24. The SMILES string of the molecule is CCC(C)c1ccccc1OCC(=O)NNC(=O)C(C)Oc1ccc(Cl)cc1Br. The van der Waals surface area contributed by atoms with Gasteiger partial charge >= 0.3 is 0 Å². The summed E-state index contributed by atoms with van der Waals surface area (Å²) in [7, 11) is 0. The van der Waals surface area contributed by atoms with Gasteiger partial charge in [0, 0.05) is 5.02 Å². The Morgan fingerprint density at radius 1 is 1.10 bits per heavy atom. The van der Waals surface area contributed by atoms with Gasteiger partial charge in [0.25, 0.3) is 11.8 Å². The van der Waals surface area contributed by atoms with Crippen LogP contribution in [-0.4, -0.2) is 24.5 Å². The first-order valence-corrected chi connectivity index (χ1v) is 10.4. The molecule has 29 heavy (non-hydrogen) atoms. The van der Waals surface area contributed by atoms with E-state index in [-0.39, 0.29) is 6.61 Å². The summed E-state index contributed by atoms with van der Waals surface area (Å²) in [6, 6.07) is 12.6. The highest BCUT2D eigenvalue weighted by Gasteiger charge is 2.17. The van der Waals surface area contributed by atoms with E-state index in [1.807, 2.05) is 24.3 Å². The highest BCUT2D eigenvalue weighted by Crippen LogP contribution is 2.29. The first-order valence-electron chi connectivity index (χ1n) is 9.24. The maximum Gasteiger partial charge on any atom is 0.279 e. The molecule has 0 aromatic heterocycles. The number of hydrazine groups is 1. The van der Waals surface area contributed by atoms with E-state index in [0.29, 0.717) is 26.9 Å². The molecule has 2 atom stereocenters. The Morgan fingerprint density at radius 3 is 2.52 bits per heavy atom. The van der Waals surface area contributed by atoms with Crippen molar-refractivity contribution in [3.8, 4) is 11.5 Å². The Kier molecular flexibility index (Phi) is 8.79. The largest absolute Gasteiger partial charge is 0.483 e. The van der Waals surface area contributed by atoms with E-state index in [2.05, 4.69) is 40.6 Å². The molecule has 0 aliphatic rings. The summed E-state index contributed by atoms with van der Waals surface area (Å²) in [6.07, 6.45) is 0.129. The molecule has 0 aliphatic heterocycles. The highest BCUT2D eigenvalue weighted by molar-refractivity contribution is 9.10. The van der Waals surface area contributed by atoms with Crippen molar-refractivity contribution in [2.45, 2.75) is 39.2 Å². The van der Waals surface area contributed by atoms with E-state index in [1.165, 1.54) is 0 Å². The molecule has 2 amide bonds. The van der Waals surface area contributed by atoms with Gasteiger partial charge < -0.3 is 9.47 Å². The lowest BCUT2D eigenvalue weighted by atomic mass is 9.98. The third-order valence-electron chi connectivity index (χ3n) is 4.31. The van der Waals surface area contributed by atoms with Crippen LogP contribution < -0.4 is 20.3 Å². The number of ether oxygens (including phenoxy) is 2. The monoisotopic (exact) mass is 482 g/mol. The van der Waals surface area contributed by atoms with Crippen LogP contribution in [0.5, 0.6) is 11.5 Å². The Labute approximate surface area is 184 Å². The average Bonchev–Trinajstić information content (AvgIpc) is 2.71. The summed E-state index contributed by atoms with van der Waals surface area (Å²) >= 11 is 9.21. The molecular formula is C21H24BrClN2O4. The van der Waals surface area contributed by atoms with Gasteiger partial charge in [0.15, 0.2) is 12.7 Å². The zero-order valence-corrected chi connectivity index (χ0v) is 18.8. The van der Waals surface area contributed by atoms with Crippen molar-refractivity contribution in [3.63, 3.8) is 0 Å². The van der Waals surface area contributed by atoms with Crippen LogP contribution >= 0.6 is 27.5 Å². The Hall–Kier alpha value is -2.25. The predicted octanol–water partition coefficient (Wildman–Crippen LogP) is 4.61. The molecule has 0 fully saturated rings. The van der Waals surface area contributed by atoms with Crippen molar-refractivity contribution in [3.05, 3.63) is 57.5 Å². The maximum absolute atomic E-state index is 12.2. The van der Waals surface area contributed by atoms with Crippen LogP contribution in [-0.2, 0) is 9.59 Å². The molecule has 2 aromatic rings. The van der Waals surface area contributed by atoms with Crippen molar-refractivity contribution in [1.29, 1.82) is 0 Å². The number of hydrogen-bond donors (Lipinski definition) is 2. The van der Waals surface area contributed by atoms with E-state index in [1.54, 1.807) is 25.1 Å². The molecule has 0 spiro atoms. The summed E-state index contributed by atoms with van der Waals surface area (Å²) in [5.74, 6) is 0.470. The standard InChI is InChI=1S/C21H24BrClN2O4/c1-4-13(2)16-7-5-6-8-18(16)28-12-20(26)24-25-21(27)14(3)29-19-10-9-15(23)11-17(19)22/h5-11,13-14H,4,12H2,1-3H3,(H,24,26)(H,25,27). The second-order valence-electron chi connectivity index (χ2n) is 6.51. The molecule has 2 aromatic carbocycles. The number of halogens is 2. The number of carbonyl (C=O) groups is 2. The van der Waals surface area contributed by atoms with Gasteiger partial charge in [-0.25, -0.2) is 0 Å². The van der Waals surface area contributed by atoms with Gasteiger partial charge in [0.1, 0.15) is 11.5 Å². The second-order valence-corrected chi connectivity index (χ2v) is 7.80. The van der Waals surface area contributed by atoms with Gasteiger partial charge in [-0.15, -0.1) is 0 Å². The third-order valence-corrected chi connectivity index (χ3v) is 5.17. The van der Waals surface area contributed by atoms with Crippen molar-refractivity contribution in [2.24, 2.45) is 0 Å². The van der Waals surface area contributed by atoms with Gasteiger partial charge in [-0.1, -0.05) is 43.6 Å². The molecule has 0 heterocycles. The molecule has 2 unspecified atom stereocenters. The van der Waals surface area contributed by atoms with E-state index in [0.717, 1.165) is 12.0 Å². The van der Waals surface area contributed by atoms with E-state index >= 15 is 0 Å². The topological polar surface area (TPSA) is 76.7 Å². The minimum atomic E-state index is -0.833. The lowest BCUT2D eigenvalue weighted by Gasteiger charge is -2.17. The smallest absolute Gasteiger partial charge is 0.279 e. The number of rotatable bonds is 8. The van der Waals surface area contributed by atoms with Crippen molar-refractivity contribution >= 4 is 39.3 Å². The number of para-hydroxylation sites is 1. The Morgan fingerprint density at radius 2 is 1.83 bits per heavy atom. The van der Waals surface area contributed by atoms with Crippen molar-refractivity contribution in [1.82, 2.24) is 10.9 Å². The molecule has 2 N–H and O–H groups in total. The zero-order valence-electron chi connectivity index (χ0n) is 16.5. The molecule has 0 radical (unpaired) electrons. The molecule has 2 rings (SSSR count). The molecule has 8 heteroatoms. The van der Waals surface area contributed by atoms with Crippen LogP contribution in [0.4, 0.5) is 0 Å². The predicted molar refractivity (Wildman–Crippen MR) is 116 cm³/mol. The van der Waals surface area contributed by atoms with Crippen LogP contribution in [0.1, 0.15) is 38.7 Å². The summed E-state index contributed by atoms with van der Waals surface area (Å²) in [6.45, 7) is 5.55. The Bertz CT molecular complexity index is 862. The molecule has 0 bridgehead atoms. The zero-order chi connectivity index (χ0) is 21.4. The van der Waals surface area contributed by atoms with Gasteiger partial charge in [-0.2, -0.15) is 0 Å². The maximum atomic E-state index is 12.2. The first-order chi connectivity index (χ1) is 13.8. The average molecular weight is 484 g/mol. The molecule has 0 saturated heterocycles. The van der Waals surface area contributed by atoms with Crippen LogP contribution in [0.25, 0.3) is 0 Å². The van der Waals surface area contributed by atoms with Gasteiger partial charge in [-0.05, 0) is 65.0 Å². The van der Waals surface area contributed by atoms with Gasteiger partial charge in [0.05, 0.1) is 4.47 Å². The van der Waals surface area contributed by atoms with Crippen LogP contribution in [0, 0.1) is 0 Å². The van der Waals surface area contributed by atoms with E-state index in [9.17, 15) is 9.59 Å². The second kappa shape index (κ2) is 11.1. The number of amides is 2. The fourth-order valence-electron chi connectivity index (χ4n) is 2.47. The lowest BCUT2D eigenvalue weighted by Crippen LogP contribution is -2.48. The van der Waals surface area contributed by atoms with Gasteiger partial charge in [-0.3, -0.25) is 20.4 Å². The molecule has 6 nitrogen and oxygen atoms in total. The van der Waals surface area contributed by atoms with Crippen LogP contribution in [0.15, 0.2) is 46.9 Å². The summed E-state index contributed by atoms with van der Waals surface area (Å²) in [5.41, 5.74) is 5.71. The quantitative estimate of drug-likeness (QED) is 0.538. The number of benzene rings is 2. The van der Waals surface area contributed by atoms with Crippen molar-refractivity contribution < 1.29 is 19.1 Å².